The first-order chi connectivity index (χ1) is 5.77. The molecule has 0 fully saturated rings. The van der Waals surface area contributed by atoms with E-state index in [9.17, 15) is 0 Å². The minimum absolute atomic E-state index is 0.0789. The van der Waals surface area contributed by atoms with Crippen molar-refractivity contribution < 1.29 is 9.63 Å². The van der Waals surface area contributed by atoms with Crippen molar-refractivity contribution in [1.29, 1.82) is 0 Å². The molecule has 68 valence electrons. The molecule has 1 aromatic heterocycles. The maximum Gasteiger partial charge on any atom is 0.136 e. The van der Waals surface area contributed by atoms with Gasteiger partial charge in [-0.2, -0.15) is 0 Å². The highest BCUT2D eigenvalue weighted by Crippen LogP contribution is 2.13. The lowest BCUT2D eigenvalue weighted by molar-refractivity contribution is 0.273. The SMILES string of the molecule is CCc1cc(C(N)CCO)no1. The summed E-state index contributed by atoms with van der Waals surface area (Å²) < 4.78 is 4.97. The van der Waals surface area contributed by atoms with Crippen LogP contribution in [-0.4, -0.2) is 16.9 Å². The summed E-state index contributed by atoms with van der Waals surface area (Å²) in [6, 6.07) is 1.62. The van der Waals surface area contributed by atoms with Gasteiger partial charge in [-0.3, -0.25) is 0 Å². The molecule has 1 atom stereocenters. The van der Waals surface area contributed by atoms with E-state index >= 15 is 0 Å². The molecule has 4 heteroatoms. The van der Waals surface area contributed by atoms with Crippen LogP contribution in [0.15, 0.2) is 10.6 Å². The van der Waals surface area contributed by atoms with Crippen molar-refractivity contribution in [3.8, 4) is 0 Å². The molecule has 12 heavy (non-hydrogen) atoms. The van der Waals surface area contributed by atoms with Crippen molar-refractivity contribution in [1.82, 2.24) is 5.16 Å². The summed E-state index contributed by atoms with van der Waals surface area (Å²) in [6.07, 6.45) is 1.34. The van der Waals surface area contributed by atoms with E-state index in [1.807, 2.05) is 13.0 Å². The molecule has 1 rings (SSSR count). The van der Waals surface area contributed by atoms with Crippen LogP contribution in [-0.2, 0) is 6.42 Å². The lowest BCUT2D eigenvalue weighted by atomic mass is 10.1. The van der Waals surface area contributed by atoms with Gasteiger partial charge in [0.15, 0.2) is 0 Å². The molecular weight excluding hydrogens is 156 g/mol. The number of hydrogen-bond acceptors (Lipinski definition) is 4. The van der Waals surface area contributed by atoms with E-state index in [1.54, 1.807) is 0 Å². The van der Waals surface area contributed by atoms with Gasteiger partial charge in [-0.05, 0) is 6.42 Å². The fraction of sp³-hybridized carbons (Fsp3) is 0.625. The highest BCUT2D eigenvalue weighted by atomic mass is 16.5. The molecule has 0 spiro atoms. The van der Waals surface area contributed by atoms with Gasteiger partial charge in [0.1, 0.15) is 11.5 Å². The van der Waals surface area contributed by atoms with Crippen LogP contribution >= 0.6 is 0 Å². The van der Waals surface area contributed by atoms with E-state index in [0.29, 0.717) is 6.42 Å². The van der Waals surface area contributed by atoms with Crippen LogP contribution in [0.5, 0.6) is 0 Å². The summed E-state index contributed by atoms with van der Waals surface area (Å²) >= 11 is 0. The third kappa shape index (κ3) is 2.06. The van der Waals surface area contributed by atoms with E-state index in [2.05, 4.69) is 5.16 Å². The average Bonchev–Trinajstić information content (AvgIpc) is 2.52. The highest BCUT2D eigenvalue weighted by molar-refractivity contribution is 5.09. The fourth-order valence-corrected chi connectivity index (χ4v) is 0.957. The Balaban J connectivity index is 2.61. The van der Waals surface area contributed by atoms with Crippen LogP contribution in [0.25, 0.3) is 0 Å². The molecule has 1 unspecified atom stereocenters. The van der Waals surface area contributed by atoms with Crippen LogP contribution < -0.4 is 5.73 Å². The Hall–Kier alpha value is -0.870. The van der Waals surface area contributed by atoms with Crippen molar-refractivity contribution in [2.75, 3.05) is 6.61 Å². The number of rotatable bonds is 4. The van der Waals surface area contributed by atoms with Gasteiger partial charge < -0.3 is 15.4 Å². The number of hydrogen-bond donors (Lipinski definition) is 2. The second kappa shape index (κ2) is 4.23. The quantitative estimate of drug-likeness (QED) is 0.694. The predicted molar refractivity (Wildman–Crippen MR) is 44.5 cm³/mol. The molecule has 0 bridgehead atoms. The van der Waals surface area contributed by atoms with Gasteiger partial charge in [0.05, 0.1) is 6.04 Å². The summed E-state index contributed by atoms with van der Waals surface area (Å²) in [5.41, 5.74) is 6.41. The Labute approximate surface area is 71.4 Å². The third-order valence-electron chi connectivity index (χ3n) is 1.75. The molecule has 0 radical (unpaired) electrons. The van der Waals surface area contributed by atoms with Gasteiger partial charge >= 0.3 is 0 Å². The first kappa shape index (κ1) is 9.22. The Morgan fingerprint density at radius 3 is 3.00 bits per heavy atom. The highest BCUT2D eigenvalue weighted by Gasteiger charge is 2.10. The Morgan fingerprint density at radius 1 is 1.75 bits per heavy atom. The molecular formula is C8H14N2O2. The molecule has 0 saturated carbocycles. The standard InChI is InChI=1S/C8H14N2O2/c1-2-6-5-8(10-12-6)7(9)3-4-11/h5,7,11H,2-4,9H2,1H3. The topological polar surface area (TPSA) is 72.3 Å². The lowest BCUT2D eigenvalue weighted by Crippen LogP contribution is -2.11. The lowest BCUT2D eigenvalue weighted by Gasteiger charge is -2.03. The second-order valence-corrected chi connectivity index (χ2v) is 2.69. The van der Waals surface area contributed by atoms with Crippen LogP contribution in [0.1, 0.15) is 30.8 Å². The van der Waals surface area contributed by atoms with E-state index in [-0.39, 0.29) is 12.6 Å². The first-order valence-electron chi connectivity index (χ1n) is 4.09. The van der Waals surface area contributed by atoms with Crippen molar-refractivity contribution in [2.24, 2.45) is 5.73 Å². The summed E-state index contributed by atoms with van der Waals surface area (Å²) in [7, 11) is 0. The van der Waals surface area contributed by atoms with Crippen molar-refractivity contribution in [2.45, 2.75) is 25.8 Å². The zero-order valence-electron chi connectivity index (χ0n) is 7.16. The van der Waals surface area contributed by atoms with Gasteiger partial charge in [0.2, 0.25) is 0 Å². The Morgan fingerprint density at radius 2 is 2.50 bits per heavy atom. The molecule has 1 heterocycles. The molecule has 0 aliphatic rings. The Bertz CT molecular complexity index is 235. The Kier molecular flexibility index (Phi) is 3.25. The van der Waals surface area contributed by atoms with Crippen molar-refractivity contribution in [3.63, 3.8) is 0 Å². The van der Waals surface area contributed by atoms with E-state index in [0.717, 1.165) is 17.9 Å². The molecule has 0 saturated heterocycles. The minimum atomic E-state index is -0.209. The largest absolute Gasteiger partial charge is 0.396 e. The van der Waals surface area contributed by atoms with Crippen molar-refractivity contribution >= 4 is 0 Å². The maximum atomic E-state index is 8.62. The summed E-state index contributed by atoms with van der Waals surface area (Å²) in [4.78, 5) is 0. The van der Waals surface area contributed by atoms with E-state index < -0.39 is 0 Å². The van der Waals surface area contributed by atoms with Gasteiger partial charge in [-0.25, -0.2) is 0 Å². The maximum absolute atomic E-state index is 8.62. The second-order valence-electron chi connectivity index (χ2n) is 2.69. The fourth-order valence-electron chi connectivity index (χ4n) is 0.957. The monoisotopic (exact) mass is 170 g/mol. The number of nitrogens with two attached hydrogens (primary N) is 1. The van der Waals surface area contributed by atoms with Crippen LogP contribution in [0, 0.1) is 0 Å². The molecule has 0 amide bonds. The molecule has 0 aliphatic carbocycles. The smallest absolute Gasteiger partial charge is 0.136 e. The van der Waals surface area contributed by atoms with Gasteiger partial charge in [0.25, 0.3) is 0 Å². The summed E-state index contributed by atoms with van der Waals surface area (Å²) in [5, 5.41) is 12.4. The third-order valence-corrected chi connectivity index (χ3v) is 1.75. The number of nitrogens with zero attached hydrogens (tertiary/aromatic N) is 1. The van der Waals surface area contributed by atoms with E-state index in [1.165, 1.54) is 0 Å². The number of aryl methyl sites for hydroxylation is 1. The number of aliphatic hydroxyl groups is 1. The van der Waals surface area contributed by atoms with Crippen LogP contribution in [0.2, 0.25) is 0 Å². The van der Waals surface area contributed by atoms with Gasteiger partial charge in [-0.1, -0.05) is 12.1 Å². The summed E-state index contributed by atoms with van der Waals surface area (Å²) in [6.45, 7) is 2.07. The molecule has 1 aromatic rings. The van der Waals surface area contributed by atoms with Crippen LogP contribution in [0.3, 0.4) is 0 Å². The van der Waals surface area contributed by atoms with E-state index in [4.69, 9.17) is 15.4 Å². The molecule has 4 nitrogen and oxygen atoms in total. The van der Waals surface area contributed by atoms with Gasteiger partial charge in [-0.15, -0.1) is 0 Å². The zero-order chi connectivity index (χ0) is 8.97. The first-order valence-corrected chi connectivity index (χ1v) is 4.09. The van der Waals surface area contributed by atoms with Crippen molar-refractivity contribution in [3.05, 3.63) is 17.5 Å². The normalized spacial score (nSPS) is 13.2. The molecule has 3 N–H and O–H groups in total. The van der Waals surface area contributed by atoms with Crippen LogP contribution in [0.4, 0.5) is 0 Å². The minimum Gasteiger partial charge on any atom is -0.396 e. The van der Waals surface area contributed by atoms with Gasteiger partial charge in [0, 0.05) is 19.1 Å². The number of aliphatic hydroxyl groups excluding tert-OH is 1. The predicted octanol–water partition coefficient (Wildman–Crippen LogP) is 0.619. The number of aromatic nitrogens is 1. The molecule has 0 aliphatic heterocycles. The zero-order valence-corrected chi connectivity index (χ0v) is 7.16. The summed E-state index contributed by atoms with van der Waals surface area (Å²) in [5.74, 6) is 0.832. The molecule has 0 aromatic carbocycles. The average molecular weight is 170 g/mol.